The monoisotopic (exact) mass is 546 g/mol. The van der Waals surface area contributed by atoms with E-state index in [-0.39, 0.29) is 0 Å². The molecule has 2 aromatic rings. The Balaban J connectivity index is 2.85. The Bertz CT molecular complexity index is 1220. The van der Waals surface area contributed by atoms with Crippen LogP contribution in [0.25, 0.3) is 0 Å². The van der Waals surface area contributed by atoms with Crippen molar-refractivity contribution >= 4 is 0 Å². The standard InChI is InChI=1S/C17F18/c18-4-1-2(5(19)9(23)8(4)22)14(27,16(30,31)32)13(1,15(28,29)17(33,34)35)3-6(20)10(24)12(26)11(25)7(3)21. The molecule has 2 unspecified atom stereocenters. The van der Waals surface area contributed by atoms with Crippen molar-refractivity contribution in [2.45, 2.75) is 29.4 Å². The highest BCUT2D eigenvalue weighted by Gasteiger charge is 2.92. The number of hydrogen-bond acceptors (Lipinski definition) is 0. The van der Waals surface area contributed by atoms with Gasteiger partial charge in [-0.05, 0) is 0 Å². The number of alkyl halides is 9. The predicted octanol–water partition coefficient (Wildman–Crippen LogP) is 7.16. The molecule has 1 aliphatic rings. The SMILES string of the molecule is Fc1c(F)c(F)c(C2(C(F)(F)C(F)(F)F)c3c(F)c(F)c(F)c(F)c3C2(F)C(F)(F)F)c(F)c1F. The van der Waals surface area contributed by atoms with E-state index in [1.54, 1.807) is 0 Å². The van der Waals surface area contributed by atoms with Crippen LogP contribution < -0.4 is 0 Å². The normalized spacial score (nSPS) is 22.8. The third-order valence-corrected chi connectivity index (χ3v) is 5.31. The Morgan fingerprint density at radius 1 is 0.400 bits per heavy atom. The first-order chi connectivity index (χ1) is 15.6. The van der Waals surface area contributed by atoms with E-state index in [0.29, 0.717) is 0 Å². The third kappa shape index (κ3) is 2.70. The van der Waals surface area contributed by atoms with Crippen molar-refractivity contribution in [2.24, 2.45) is 0 Å². The molecule has 2 atom stereocenters. The van der Waals surface area contributed by atoms with Crippen molar-refractivity contribution in [3.8, 4) is 0 Å². The largest absolute Gasteiger partial charge is 0.454 e. The van der Waals surface area contributed by atoms with Crippen LogP contribution in [0.4, 0.5) is 79.0 Å². The van der Waals surface area contributed by atoms with Gasteiger partial charge in [-0.25, -0.2) is 43.9 Å². The lowest BCUT2D eigenvalue weighted by Crippen LogP contribution is -2.75. The summed E-state index contributed by atoms with van der Waals surface area (Å²) in [5.41, 5.74) is -24.7. The van der Waals surface area contributed by atoms with E-state index >= 15 is 4.39 Å². The number of benzene rings is 2. The minimum Gasteiger partial charge on any atom is -0.227 e. The van der Waals surface area contributed by atoms with Crippen LogP contribution in [0.15, 0.2) is 0 Å². The summed E-state index contributed by atoms with van der Waals surface area (Å²) >= 11 is 0. The fourth-order valence-corrected chi connectivity index (χ4v) is 3.93. The molecule has 0 aliphatic heterocycles. The molecule has 1 aliphatic carbocycles. The van der Waals surface area contributed by atoms with Crippen LogP contribution in [0.3, 0.4) is 0 Å². The summed E-state index contributed by atoms with van der Waals surface area (Å²) in [7, 11) is 0. The second kappa shape index (κ2) is 7.11. The molecule has 3 rings (SSSR count). The van der Waals surface area contributed by atoms with Gasteiger partial charge in [0.2, 0.25) is 5.82 Å². The Kier molecular flexibility index (Phi) is 5.44. The molecule has 18 heteroatoms. The maximum absolute atomic E-state index is 15.4. The zero-order chi connectivity index (χ0) is 27.4. The molecule has 0 bridgehead atoms. The summed E-state index contributed by atoms with van der Waals surface area (Å²) in [4.78, 5) is 0. The molecule has 0 saturated heterocycles. The number of hydrogen-bond donors (Lipinski definition) is 0. The number of rotatable bonds is 2. The molecule has 0 radical (unpaired) electrons. The van der Waals surface area contributed by atoms with E-state index in [1.807, 2.05) is 0 Å². The highest BCUT2D eigenvalue weighted by atomic mass is 19.4. The lowest BCUT2D eigenvalue weighted by molar-refractivity contribution is -0.364. The van der Waals surface area contributed by atoms with Gasteiger partial charge in [0, 0.05) is 11.1 Å². The molecule has 0 spiro atoms. The molecule has 0 aromatic heterocycles. The molecule has 194 valence electrons. The summed E-state index contributed by atoms with van der Waals surface area (Å²) in [5, 5.41) is 0. The Morgan fingerprint density at radius 3 is 1.00 bits per heavy atom. The molecule has 0 amide bonds. The van der Waals surface area contributed by atoms with Gasteiger partial charge in [0.15, 0.2) is 52.0 Å². The van der Waals surface area contributed by atoms with Crippen molar-refractivity contribution in [1.82, 2.24) is 0 Å². The summed E-state index contributed by atoms with van der Waals surface area (Å²) in [6, 6.07) is 0. The average molecular weight is 546 g/mol. The minimum atomic E-state index is -7.73. The lowest BCUT2D eigenvalue weighted by atomic mass is 9.47. The van der Waals surface area contributed by atoms with Crippen molar-refractivity contribution in [2.75, 3.05) is 0 Å². The van der Waals surface area contributed by atoms with E-state index in [1.165, 1.54) is 0 Å². The van der Waals surface area contributed by atoms with Gasteiger partial charge in [0.1, 0.15) is 0 Å². The molecule has 2 aromatic carbocycles. The number of fused-ring (bicyclic) bond motifs is 1. The highest BCUT2D eigenvalue weighted by molar-refractivity contribution is 5.65. The van der Waals surface area contributed by atoms with E-state index in [2.05, 4.69) is 0 Å². The van der Waals surface area contributed by atoms with Gasteiger partial charge in [0.05, 0.1) is 5.56 Å². The smallest absolute Gasteiger partial charge is 0.227 e. The van der Waals surface area contributed by atoms with E-state index < -0.39 is 98.4 Å². The molecule has 0 heterocycles. The Morgan fingerprint density at radius 2 is 0.686 bits per heavy atom. The van der Waals surface area contributed by atoms with Crippen LogP contribution >= 0.6 is 0 Å². The van der Waals surface area contributed by atoms with Gasteiger partial charge in [-0.15, -0.1) is 0 Å². The van der Waals surface area contributed by atoms with Gasteiger partial charge in [-0.1, -0.05) is 0 Å². The van der Waals surface area contributed by atoms with Crippen LogP contribution in [-0.2, 0) is 11.1 Å². The second-order valence-corrected chi connectivity index (χ2v) is 6.93. The lowest BCUT2D eigenvalue weighted by Gasteiger charge is -2.58. The van der Waals surface area contributed by atoms with Crippen molar-refractivity contribution in [3.05, 3.63) is 69.0 Å². The van der Waals surface area contributed by atoms with Crippen LogP contribution in [0, 0.1) is 52.4 Å². The van der Waals surface area contributed by atoms with Crippen molar-refractivity contribution < 1.29 is 79.0 Å². The zero-order valence-electron chi connectivity index (χ0n) is 15.3. The van der Waals surface area contributed by atoms with Crippen molar-refractivity contribution in [1.29, 1.82) is 0 Å². The first kappa shape index (κ1) is 26.8. The summed E-state index contributed by atoms with van der Waals surface area (Å²) < 4.78 is 250. The topological polar surface area (TPSA) is 0 Å². The zero-order valence-corrected chi connectivity index (χ0v) is 15.3. The van der Waals surface area contributed by atoms with E-state index in [9.17, 15) is 74.6 Å². The fraction of sp³-hybridized carbons (Fsp3) is 0.294. The van der Waals surface area contributed by atoms with Crippen molar-refractivity contribution in [3.63, 3.8) is 0 Å². The first-order valence-corrected chi connectivity index (χ1v) is 8.15. The van der Waals surface area contributed by atoms with Gasteiger partial charge in [-0.2, -0.15) is 35.1 Å². The molecule has 0 saturated carbocycles. The van der Waals surface area contributed by atoms with Gasteiger partial charge < -0.3 is 0 Å². The van der Waals surface area contributed by atoms with E-state index in [4.69, 9.17) is 0 Å². The van der Waals surface area contributed by atoms with Gasteiger partial charge in [0.25, 0.3) is 5.67 Å². The third-order valence-electron chi connectivity index (χ3n) is 5.31. The summed E-state index contributed by atoms with van der Waals surface area (Å²) in [6.07, 6.45) is -15.1. The molecular weight excluding hydrogens is 546 g/mol. The minimum absolute atomic E-state index is 3.36. The van der Waals surface area contributed by atoms with Gasteiger partial charge >= 0.3 is 18.3 Å². The number of halogens is 18. The average Bonchev–Trinajstić information content (AvgIpc) is 2.72. The van der Waals surface area contributed by atoms with Crippen LogP contribution in [0.5, 0.6) is 0 Å². The second-order valence-electron chi connectivity index (χ2n) is 6.93. The summed E-state index contributed by atoms with van der Waals surface area (Å²) in [6.45, 7) is 0. The molecule has 0 nitrogen and oxygen atoms in total. The maximum atomic E-state index is 15.4. The van der Waals surface area contributed by atoms with Crippen LogP contribution in [0.1, 0.15) is 16.7 Å². The Labute approximate surface area is 178 Å². The first-order valence-electron chi connectivity index (χ1n) is 8.15. The van der Waals surface area contributed by atoms with E-state index in [0.717, 1.165) is 0 Å². The molecule has 0 N–H and O–H groups in total. The highest BCUT2D eigenvalue weighted by Crippen LogP contribution is 2.75. The molecule has 35 heavy (non-hydrogen) atoms. The van der Waals surface area contributed by atoms with Crippen LogP contribution in [-0.4, -0.2) is 18.3 Å². The molecular formula is C17F18. The Hall–Kier alpha value is -2.82. The fourth-order valence-electron chi connectivity index (χ4n) is 3.93. The van der Waals surface area contributed by atoms with Gasteiger partial charge in [-0.3, -0.25) is 0 Å². The molecule has 0 fully saturated rings. The van der Waals surface area contributed by atoms with Crippen LogP contribution in [0.2, 0.25) is 0 Å². The maximum Gasteiger partial charge on any atom is 0.454 e. The predicted molar refractivity (Wildman–Crippen MR) is 73.1 cm³/mol. The summed E-state index contributed by atoms with van der Waals surface area (Å²) in [5.74, 6) is -40.2. The quantitative estimate of drug-likeness (QED) is 0.213.